The molecule has 132 valence electrons. The van der Waals surface area contributed by atoms with E-state index in [0.29, 0.717) is 18.8 Å². The maximum Gasteiger partial charge on any atom is 0.315 e. The summed E-state index contributed by atoms with van der Waals surface area (Å²) in [5.41, 5.74) is 0.245. The lowest BCUT2D eigenvalue weighted by atomic mass is 9.69. The molecule has 0 bridgehead atoms. The molecule has 0 unspecified atom stereocenters. The van der Waals surface area contributed by atoms with E-state index in [1.807, 2.05) is 33.9 Å². The molecule has 1 heterocycles. The van der Waals surface area contributed by atoms with Crippen LogP contribution in [-0.4, -0.2) is 27.3 Å². The van der Waals surface area contributed by atoms with Gasteiger partial charge in [0.25, 0.3) is 0 Å². The second kappa shape index (κ2) is 5.83. The van der Waals surface area contributed by atoms with Crippen LogP contribution in [0, 0.1) is 12.3 Å². The van der Waals surface area contributed by atoms with Crippen LogP contribution in [0.15, 0.2) is 18.3 Å². The number of hydrogen-bond donors (Lipinski definition) is 1. The lowest BCUT2D eigenvalue weighted by molar-refractivity contribution is -0.177. The molecule has 2 aliphatic carbocycles. The Morgan fingerprint density at radius 3 is 2.38 bits per heavy atom. The summed E-state index contributed by atoms with van der Waals surface area (Å²) in [5.74, 6) is 0.233. The van der Waals surface area contributed by atoms with Gasteiger partial charge in [-0.1, -0.05) is 0 Å². The molecule has 2 fully saturated rings. The summed E-state index contributed by atoms with van der Waals surface area (Å²) >= 11 is 0. The summed E-state index contributed by atoms with van der Waals surface area (Å²) in [4.78, 5) is 16.9. The van der Waals surface area contributed by atoms with Gasteiger partial charge >= 0.3 is 5.97 Å². The number of rotatable bonds is 3. The van der Waals surface area contributed by atoms with Gasteiger partial charge in [-0.3, -0.25) is 9.78 Å². The highest BCUT2D eigenvalue weighted by Crippen LogP contribution is 2.61. The van der Waals surface area contributed by atoms with Crippen molar-refractivity contribution in [3.8, 4) is 0 Å². The molecular weight excluding hydrogens is 302 g/mol. The molecule has 0 aromatic carbocycles. The van der Waals surface area contributed by atoms with Crippen molar-refractivity contribution < 1.29 is 14.6 Å². The van der Waals surface area contributed by atoms with E-state index in [-0.39, 0.29) is 5.97 Å². The van der Waals surface area contributed by atoms with E-state index in [9.17, 15) is 9.90 Å². The average Bonchev–Trinajstić information content (AvgIpc) is 3.28. The standard InChI is InChI=1S/C20H29NO3/c1-14-13-16(7-12-21-14)15-5-8-20(23,9-6-15)19(10-11-19)17(22)24-18(2,3)4/h7,12-13,15,23H,5-6,8-11H2,1-4H3. The predicted molar refractivity (Wildman–Crippen MR) is 92.6 cm³/mol. The number of ether oxygens (including phenoxy) is 1. The smallest absolute Gasteiger partial charge is 0.315 e. The number of carbonyl (C=O) groups excluding carboxylic acids is 1. The third kappa shape index (κ3) is 3.21. The van der Waals surface area contributed by atoms with Gasteiger partial charge in [0.05, 0.1) is 11.0 Å². The van der Waals surface area contributed by atoms with Gasteiger partial charge < -0.3 is 9.84 Å². The molecule has 1 aromatic rings. The predicted octanol–water partition coefficient (Wildman–Crippen LogP) is 3.90. The fourth-order valence-corrected chi connectivity index (χ4v) is 4.09. The molecule has 1 N–H and O–H groups in total. The van der Waals surface area contributed by atoms with Gasteiger partial charge in [-0.2, -0.15) is 0 Å². The van der Waals surface area contributed by atoms with E-state index in [4.69, 9.17) is 4.74 Å². The van der Waals surface area contributed by atoms with Crippen molar-refractivity contribution in [3.63, 3.8) is 0 Å². The summed E-state index contributed by atoms with van der Waals surface area (Å²) < 4.78 is 5.60. The summed E-state index contributed by atoms with van der Waals surface area (Å²) in [7, 11) is 0. The Bertz CT molecular complexity index is 620. The molecule has 2 saturated carbocycles. The van der Waals surface area contributed by atoms with Crippen molar-refractivity contribution in [3.05, 3.63) is 29.6 Å². The normalized spacial score (nSPS) is 29.1. The van der Waals surface area contributed by atoms with Crippen LogP contribution in [-0.2, 0) is 9.53 Å². The van der Waals surface area contributed by atoms with Crippen LogP contribution in [0.2, 0.25) is 0 Å². The zero-order valence-corrected chi connectivity index (χ0v) is 15.3. The first-order valence-corrected chi connectivity index (χ1v) is 9.04. The number of aryl methyl sites for hydroxylation is 1. The minimum absolute atomic E-state index is 0.212. The van der Waals surface area contributed by atoms with Crippen LogP contribution < -0.4 is 0 Å². The number of pyridine rings is 1. The Morgan fingerprint density at radius 2 is 1.88 bits per heavy atom. The third-order valence-electron chi connectivity index (χ3n) is 5.64. The van der Waals surface area contributed by atoms with E-state index >= 15 is 0 Å². The minimum Gasteiger partial charge on any atom is -0.459 e. The van der Waals surface area contributed by atoms with Crippen molar-refractivity contribution in [1.82, 2.24) is 4.98 Å². The van der Waals surface area contributed by atoms with Crippen LogP contribution in [0.4, 0.5) is 0 Å². The van der Waals surface area contributed by atoms with E-state index in [2.05, 4.69) is 17.1 Å². The van der Waals surface area contributed by atoms with Crippen LogP contribution in [0.1, 0.15) is 76.5 Å². The second-order valence-electron chi connectivity index (χ2n) is 8.62. The van der Waals surface area contributed by atoms with E-state index in [1.54, 1.807) is 0 Å². The first-order valence-electron chi connectivity index (χ1n) is 9.04. The van der Waals surface area contributed by atoms with Crippen LogP contribution in [0.3, 0.4) is 0 Å². The Balaban J connectivity index is 1.69. The molecule has 0 atom stereocenters. The minimum atomic E-state index is -0.909. The molecule has 24 heavy (non-hydrogen) atoms. The third-order valence-corrected chi connectivity index (χ3v) is 5.64. The maximum absolute atomic E-state index is 12.7. The quantitative estimate of drug-likeness (QED) is 0.853. The fourth-order valence-electron chi connectivity index (χ4n) is 4.09. The van der Waals surface area contributed by atoms with Crippen molar-refractivity contribution in [2.24, 2.45) is 5.41 Å². The summed E-state index contributed by atoms with van der Waals surface area (Å²) in [6.45, 7) is 7.65. The van der Waals surface area contributed by atoms with Crippen LogP contribution in [0.5, 0.6) is 0 Å². The monoisotopic (exact) mass is 331 g/mol. The summed E-state index contributed by atoms with van der Waals surface area (Å²) in [6.07, 6.45) is 6.50. The highest BCUT2D eigenvalue weighted by molar-refractivity contribution is 5.82. The van der Waals surface area contributed by atoms with Crippen molar-refractivity contribution in [2.75, 3.05) is 0 Å². The largest absolute Gasteiger partial charge is 0.459 e. The van der Waals surface area contributed by atoms with Crippen molar-refractivity contribution >= 4 is 5.97 Å². The second-order valence-corrected chi connectivity index (χ2v) is 8.62. The zero-order valence-electron chi connectivity index (χ0n) is 15.3. The number of nitrogens with zero attached hydrogens (tertiary/aromatic N) is 1. The van der Waals surface area contributed by atoms with Crippen LogP contribution >= 0.6 is 0 Å². The Hall–Kier alpha value is -1.42. The number of hydrogen-bond acceptors (Lipinski definition) is 4. The molecule has 3 rings (SSSR count). The van der Waals surface area contributed by atoms with E-state index in [1.165, 1.54) is 5.56 Å². The lowest BCUT2D eigenvalue weighted by Gasteiger charge is -2.42. The van der Waals surface area contributed by atoms with Gasteiger partial charge in [-0.25, -0.2) is 0 Å². The molecule has 0 amide bonds. The van der Waals surface area contributed by atoms with Gasteiger partial charge in [-0.15, -0.1) is 0 Å². The van der Waals surface area contributed by atoms with Gasteiger partial charge in [0, 0.05) is 11.9 Å². The Morgan fingerprint density at radius 1 is 1.25 bits per heavy atom. The molecule has 0 aliphatic heterocycles. The van der Waals surface area contributed by atoms with Gasteiger partial charge in [0.1, 0.15) is 5.60 Å². The first kappa shape index (κ1) is 17.4. The number of esters is 1. The summed E-state index contributed by atoms with van der Waals surface area (Å²) in [5, 5.41) is 11.2. The molecule has 1 aromatic heterocycles. The lowest BCUT2D eigenvalue weighted by Crippen LogP contribution is -2.48. The van der Waals surface area contributed by atoms with Crippen molar-refractivity contribution in [1.29, 1.82) is 0 Å². The molecule has 4 nitrogen and oxygen atoms in total. The average molecular weight is 331 g/mol. The first-order chi connectivity index (χ1) is 11.2. The zero-order chi connectivity index (χ0) is 17.6. The van der Waals surface area contributed by atoms with Crippen molar-refractivity contribution in [2.45, 2.75) is 83.3 Å². The molecule has 0 saturated heterocycles. The SMILES string of the molecule is Cc1cc(C2CCC(O)(C3(C(=O)OC(C)(C)C)CC3)CC2)ccn1. The highest BCUT2D eigenvalue weighted by atomic mass is 16.6. The number of aromatic nitrogens is 1. The van der Waals surface area contributed by atoms with Gasteiger partial charge in [0.2, 0.25) is 0 Å². The number of aliphatic hydroxyl groups is 1. The molecule has 0 spiro atoms. The molecule has 2 aliphatic rings. The number of carbonyl (C=O) groups is 1. The maximum atomic E-state index is 12.7. The topological polar surface area (TPSA) is 59.4 Å². The molecule has 4 heteroatoms. The van der Waals surface area contributed by atoms with Gasteiger partial charge in [0.15, 0.2) is 0 Å². The fraction of sp³-hybridized carbons (Fsp3) is 0.700. The molecular formula is C20H29NO3. The summed E-state index contributed by atoms with van der Waals surface area (Å²) in [6, 6.07) is 4.21. The Kier molecular flexibility index (Phi) is 4.23. The van der Waals surface area contributed by atoms with E-state index < -0.39 is 16.6 Å². The molecule has 0 radical (unpaired) electrons. The van der Waals surface area contributed by atoms with Gasteiger partial charge in [-0.05, 0) is 89.8 Å². The van der Waals surface area contributed by atoms with Crippen LogP contribution in [0.25, 0.3) is 0 Å². The van der Waals surface area contributed by atoms with E-state index in [0.717, 1.165) is 31.4 Å². The Labute approximate surface area is 144 Å². The highest BCUT2D eigenvalue weighted by Gasteiger charge is 2.65.